The molecule has 0 aliphatic heterocycles. The minimum absolute atomic E-state index is 0.107. The van der Waals surface area contributed by atoms with Crippen molar-refractivity contribution in [2.45, 2.75) is 23.9 Å². The summed E-state index contributed by atoms with van der Waals surface area (Å²) in [5.74, 6) is -1.16. The number of nitrogens with one attached hydrogen (secondary N) is 1. The molecule has 1 N–H and O–H groups in total. The molecule has 0 saturated carbocycles. The van der Waals surface area contributed by atoms with E-state index in [1.54, 1.807) is 30.3 Å². The Labute approximate surface area is 175 Å². The van der Waals surface area contributed by atoms with E-state index in [1.807, 2.05) is 0 Å². The Hall–Kier alpha value is -2.78. The molecule has 6 nitrogen and oxygen atoms in total. The Morgan fingerprint density at radius 3 is 2.33 bits per heavy atom. The lowest BCUT2D eigenvalue weighted by Gasteiger charge is -2.29. The van der Waals surface area contributed by atoms with Crippen LogP contribution in [0.4, 0.5) is 8.78 Å². The second kappa shape index (κ2) is 10.8. The lowest BCUT2D eigenvalue weighted by atomic mass is 10.1. The molecule has 0 saturated heterocycles. The molecule has 0 aromatic heterocycles. The molecule has 1 atom stereocenters. The number of benzene rings is 2. The summed E-state index contributed by atoms with van der Waals surface area (Å²) in [5, 5.41) is 2.38. The van der Waals surface area contributed by atoms with Crippen LogP contribution in [-0.2, 0) is 21.4 Å². The molecule has 0 fully saturated rings. The fourth-order valence-electron chi connectivity index (χ4n) is 2.83. The molecule has 0 aliphatic rings. The number of ether oxygens (including phenoxy) is 1. The van der Waals surface area contributed by atoms with Crippen molar-refractivity contribution < 1.29 is 26.7 Å². The third kappa shape index (κ3) is 6.11. The average Bonchev–Trinajstić information content (AvgIpc) is 2.74. The number of carbonyl (C=O) groups excluding carboxylic acids is 1. The number of hydrogen-bond donors (Lipinski definition) is 1. The number of amides is 1. The van der Waals surface area contributed by atoms with Gasteiger partial charge in [0.2, 0.25) is 15.9 Å². The topological polar surface area (TPSA) is 75.7 Å². The normalized spacial score (nSPS) is 12.4. The number of carbonyl (C=O) groups is 1. The summed E-state index contributed by atoms with van der Waals surface area (Å²) in [5.41, 5.74) is 0.627. The maximum absolute atomic E-state index is 13.7. The van der Waals surface area contributed by atoms with Gasteiger partial charge in [0.25, 0.3) is 0 Å². The molecule has 0 heterocycles. The summed E-state index contributed by atoms with van der Waals surface area (Å²) in [6, 6.07) is 12.7. The molecular formula is C21H24F2N2O4S. The van der Waals surface area contributed by atoms with Gasteiger partial charge in [-0.2, -0.15) is 4.31 Å². The minimum Gasteiger partial charge on any atom is -0.491 e. The Balaban J connectivity index is 2.47. The van der Waals surface area contributed by atoms with Crippen LogP contribution in [0.25, 0.3) is 0 Å². The van der Waals surface area contributed by atoms with Crippen molar-refractivity contribution >= 4 is 15.9 Å². The zero-order chi connectivity index (χ0) is 22.1. The van der Waals surface area contributed by atoms with Gasteiger partial charge in [0.05, 0.1) is 10.7 Å². The number of hydrogen-bond acceptors (Lipinski definition) is 4. The molecule has 0 unspecified atom stereocenters. The van der Waals surface area contributed by atoms with Gasteiger partial charge in [-0.05, 0) is 29.8 Å². The van der Waals surface area contributed by atoms with Crippen LogP contribution < -0.4 is 10.1 Å². The number of halogens is 2. The summed E-state index contributed by atoms with van der Waals surface area (Å²) in [6.45, 7) is 2.21. The third-order valence-corrected chi connectivity index (χ3v) is 6.14. The quantitative estimate of drug-likeness (QED) is 0.585. The molecule has 1 amide bonds. The van der Waals surface area contributed by atoms with Crippen molar-refractivity contribution in [3.05, 3.63) is 72.6 Å². The van der Waals surface area contributed by atoms with E-state index in [0.717, 1.165) is 4.31 Å². The van der Waals surface area contributed by atoms with Crippen LogP contribution in [0.1, 0.15) is 12.0 Å². The first kappa shape index (κ1) is 23.5. The number of alkyl halides is 1. The van der Waals surface area contributed by atoms with Crippen LogP contribution in [0.15, 0.2) is 71.9 Å². The second-order valence-corrected chi connectivity index (χ2v) is 8.29. The first-order valence-corrected chi connectivity index (χ1v) is 10.6. The molecular weight excluding hydrogens is 414 g/mol. The maximum atomic E-state index is 13.7. The highest BCUT2D eigenvalue weighted by molar-refractivity contribution is 7.89. The lowest BCUT2D eigenvalue weighted by Crippen LogP contribution is -2.48. The monoisotopic (exact) mass is 438 g/mol. The highest BCUT2D eigenvalue weighted by atomic mass is 32.2. The Kier molecular flexibility index (Phi) is 8.49. The molecule has 2 aromatic rings. The Bertz CT molecular complexity index is 951. The summed E-state index contributed by atoms with van der Waals surface area (Å²) in [7, 11) is -2.85. The smallest absolute Gasteiger partial charge is 0.244 e. The van der Waals surface area contributed by atoms with Crippen LogP contribution in [-0.4, -0.2) is 45.0 Å². The highest BCUT2D eigenvalue weighted by Gasteiger charge is 2.36. The Morgan fingerprint density at radius 1 is 1.17 bits per heavy atom. The van der Waals surface area contributed by atoms with Crippen LogP contribution in [0.2, 0.25) is 0 Å². The van der Waals surface area contributed by atoms with Crippen LogP contribution in [0, 0.1) is 0 Å². The van der Waals surface area contributed by atoms with Crippen LogP contribution >= 0.6 is 0 Å². The summed E-state index contributed by atoms with van der Waals surface area (Å²) < 4.78 is 58.8. The molecule has 9 heteroatoms. The Morgan fingerprint density at radius 2 is 1.80 bits per heavy atom. The van der Waals surface area contributed by atoms with Crippen molar-refractivity contribution in [3.8, 4) is 5.75 Å². The molecule has 162 valence electrons. The summed E-state index contributed by atoms with van der Waals surface area (Å²) in [6.07, 6.45) is -0.483. The van der Waals surface area contributed by atoms with E-state index in [2.05, 4.69) is 11.9 Å². The number of likely N-dealkylation sites (N-methyl/N-ethyl adjacent to an activating group) is 1. The van der Waals surface area contributed by atoms with Crippen molar-refractivity contribution in [3.63, 3.8) is 0 Å². The van der Waals surface area contributed by atoms with Gasteiger partial charge >= 0.3 is 0 Å². The molecule has 0 bridgehead atoms. The zero-order valence-electron chi connectivity index (χ0n) is 16.6. The number of sulfonamides is 1. The van der Waals surface area contributed by atoms with Gasteiger partial charge in [0.1, 0.15) is 25.1 Å². The molecule has 0 aliphatic carbocycles. The third-order valence-electron chi connectivity index (χ3n) is 4.27. The fraction of sp³-hybridized carbons (Fsp3) is 0.286. The van der Waals surface area contributed by atoms with Gasteiger partial charge in [-0.1, -0.05) is 36.9 Å². The molecule has 0 radical (unpaired) electrons. The van der Waals surface area contributed by atoms with E-state index in [4.69, 9.17) is 4.74 Å². The zero-order valence-corrected chi connectivity index (χ0v) is 17.4. The first-order valence-electron chi connectivity index (χ1n) is 9.19. The van der Waals surface area contributed by atoms with E-state index in [-0.39, 0.29) is 18.0 Å². The largest absolute Gasteiger partial charge is 0.491 e. The van der Waals surface area contributed by atoms with E-state index < -0.39 is 40.9 Å². The number of nitrogens with zero attached hydrogens (tertiary/aromatic N) is 1. The summed E-state index contributed by atoms with van der Waals surface area (Å²) >= 11 is 0. The first-order chi connectivity index (χ1) is 14.3. The predicted octanol–water partition coefficient (Wildman–Crippen LogP) is 3.21. The maximum Gasteiger partial charge on any atom is 0.244 e. The van der Waals surface area contributed by atoms with E-state index in [1.165, 1.54) is 31.3 Å². The standard InChI is InChI=1S/C21H24F2N2O4S/c1-16(23)14-20(21(26)24-2)25(15-17-6-4-3-5-7-17)30(27,28)19-10-8-18(9-11-19)29-13-12-22/h3-11,20H,1,12-15H2,2H3,(H,24,26)/t20-/m1/s1. The average molecular weight is 438 g/mol. The fourth-order valence-corrected chi connectivity index (χ4v) is 4.40. The van der Waals surface area contributed by atoms with Gasteiger partial charge in [-0.25, -0.2) is 17.2 Å². The van der Waals surface area contributed by atoms with E-state index >= 15 is 0 Å². The van der Waals surface area contributed by atoms with Crippen molar-refractivity contribution in [2.24, 2.45) is 0 Å². The van der Waals surface area contributed by atoms with Gasteiger partial charge in [0.15, 0.2) is 0 Å². The van der Waals surface area contributed by atoms with Gasteiger partial charge in [-0.15, -0.1) is 0 Å². The molecule has 2 aromatic carbocycles. The van der Waals surface area contributed by atoms with Crippen molar-refractivity contribution in [1.29, 1.82) is 0 Å². The van der Waals surface area contributed by atoms with Crippen LogP contribution in [0.5, 0.6) is 5.75 Å². The molecule has 2 rings (SSSR count). The molecule has 0 spiro atoms. The van der Waals surface area contributed by atoms with E-state index in [9.17, 15) is 22.0 Å². The second-order valence-electron chi connectivity index (χ2n) is 6.40. The SMILES string of the molecule is C=C(F)C[C@H](C(=O)NC)N(Cc1ccccc1)S(=O)(=O)c1ccc(OCCF)cc1. The highest BCUT2D eigenvalue weighted by Crippen LogP contribution is 2.26. The molecule has 30 heavy (non-hydrogen) atoms. The van der Waals surface area contributed by atoms with Crippen molar-refractivity contribution in [1.82, 2.24) is 9.62 Å². The van der Waals surface area contributed by atoms with E-state index in [0.29, 0.717) is 11.3 Å². The lowest BCUT2D eigenvalue weighted by molar-refractivity contribution is -0.124. The number of rotatable bonds is 11. The van der Waals surface area contributed by atoms with Crippen molar-refractivity contribution in [2.75, 3.05) is 20.3 Å². The van der Waals surface area contributed by atoms with Gasteiger partial charge in [-0.3, -0.25) is 4.79 Å². The van der Waals surface area contributed by atoms with Crippen LogP contribution in [0.3, 0.4) is 0 Å². The predicted molar refractivity (Wildman–Crippen MR) is 110 cm³/mol. The van der Waals surface area contributed by atoms with Gasteiger partial charge < -0.3 is 10.1 Å². The minimum atomic E-state index is -4.20. The van der Waals surface area contributed by atoms with Gasteiger partial charge in [0, 0.05) is 20.0 Å². The summed E-state index contributed by atoms with van der Waals surface area (Å²) in [4.78, 5) is 12.3.